The Hall–Kier alpha value is -3.73. The summed E-state index contributed by atoms with van der Waals surface area (Å²) in [6.07, 6.45) is 1.63. The predicted octanol–water partition coefficient (Wildman–Crippen LogP) is 2.25. The molecule has 0 saturated heterocycles. The topological polar surface area (TPSA) is 129 Å². The molecule has 2 aromatic carbocycles. The van der Waals surface area contributed by atoms with Crippen LogP contribution in [0.5, 0.6) is 11.5 Å². The average molecular weight is 456 g/mol. The molecule has 1 heterocycles. The van der Waals surface area contributed by atoms with Crippen LogP contribution in [0.15, 0.2) is 58.8 Å². The van der Waals surface area contributed by atoms with Crippen LogP contribution < -0.4 is 26.1 Å². The first-order valence-corrected chi connectivity index (χ1v) is 10.8. The van der Waals surface area contributed by atoms with Crippen molar-refractivity contribution in [1.82, 2.24) is 20.2 Å². The number of carbonyl (C=O) groups excluding carboxylic acids is 1. The molecule has 0 aliphatic rings. The van der Waals surface area contributed by atoms with Gasteiger partial charge in [0.2, 0.25) is 11.1 Å². The predicted molar refractivity (Wildman–Crippen MR) is 125 cm³/mol. The lowest BCUT2D eigenvalue weighted by atomic mass is 10.2. The van der Waals surface area contributed by atoms with E-state index in [4.69, 9.17) is 15.3 Å². The molecule has 168 valence electrons. The van der Waals surface area contributed by atoms with Gasteiger partial charge in [-0.3, -0.25) is 4.79 Å². The monoisotopic (exact) mass is 455 g/mol. The zero-order valence-electron chi connectivity index (χ0n) is 17.8. The fourth-order valence-corrected chi connectivity index (χ4v) is 3.24. The molecule has 0 radical (unpaired) electrons. The maximum Gasteiger partial charge on any atom is 0.264 e. The number of carbonyl (C=O) groups is 1. The van der Waals surface area contributed by atoms with Gasteiger partial charge in [0.25, 0.3) is 5.95 Å². The first-order valence-electron chi connectivity index (χ1n) is 9.84. The third-order valence-electron chi connectivity index (χ3n) is 4.21. The number of rotatable bonds is 11. The molecule has 0 fully saturated rings. The Labute approximate surface area is 190 Å². The van der Waals surface area contributed by atoms with Crippen molar-refractivity contribution in [3.05, 3.63) is 59.7 Å². The molecule has 3 rings (SSSR count). The number of nitrogens with two attached hydrogens (primary N) is 1. The number of amides is 1. The van der Waals surface area contributed by atoms with Gasteiger partial charge in [-0.25, -0.2) is 10.1 Å². The number of benzene rings is 2. The summed E-state index contributed by atoms with van der Waals surface area (Å²) in [5, 5.41) is 15.3. The normalized spacial score (nSPS) is 10.8. The van der Waals surface area contributed by atoms with Crippen molar-refractivity contribution in [2.75, 3.05) is 30.7 Å². The Morgan fingerprint density at radius 2 is 1.88 bits per heavy atom. The van der Waals surface area contributed by atoms with Crippen molar-refractivity contribution in [2.45, 2.75) is 18.6 Å². The van der Waals surface area contributed by atoms with E-state index in [1.807, 2.05) is 55.5 Å². The van der Waals surface area contributed by atoms with Crippen molar-refractivity contribution in [3.8, 4) is 11.5 Å². The maximum absolute atomic E-state index is 12.1. The fourth-order valence-electron chi connectivity index (χ4n) is 2.56. The van der Waals surface area contributed by atoms with E-state index in [0.717, 1.165) is 22.6 Å². The molecule has 0 bridgehead atoms. The molecular formula is C21H25N7O3S. The van der Waals surface area contributed by atoms with Crippen molar-refractivity contribution in [2.24, 2.45) is 5.10 Å². The van der Waals surface area contributed by atoms with E-state index in [-0.39, 0.29) is 17.6 Å². The van der Waals surface area contributed by atoms with E-state index < -0.39 is 0 Å². The van der Waals surface area contributed by atoms with Crippen LogP contribution in [0, 0.1) is 0 Å². The third kappa shape index (κ3) is 6.64. The highest BCUT2D eigenvalue weighted by Gasteiger charge is 2.12. The maximum atomic E-state index is 12.1. The molecular weight excluding hydrogens is 430 g/mol. The van der Waals surface area contributed by atoms with E-state index >= 15 is 0 Å². The van der Waals surface area contributed by atoms with Crippen molar-refractivity contribution < 1.29 is 14.3 Å². The Morgan fingerprint density at radius 3 is 2.56 bits per heavy atom. The van der Waals surface area contributed by atoms with Crippen LogP contribution in [-0.4, -0.2) is 46.5 Å². The van der Waals surface area contributed by atoms with E-state index in [1.165, 1.54) is 16.4 Å². The molecule has 32 heavy (non-hydrogen) atoms. The summed E-state index contributed by atoms with van der Waals surface area (Å²) in [5.41, 5.74) is 4.60. The number of hydrogen-bond donors (Lipinski definition) is 3. The summed E-state index contributed by atoms with van der Waals surface area (Å²) in [6, 6.07) is 15.0. The number of nitrogens with one attached hydrogen (secondary N) is 2. The van der Waals surface area contributed by atoms with Crippen LogP contribution in [0.1, 0.15) is 18.1 Å². The lowest BCUT2D eigenvalue weighted by Gasteiger charge is -2.06. The number of methoxy groups -OCH3 is 1. The molecule has 0 atom stereocenters. The molecule has 0 spiro atoms. The van der Waals surface area contributed by atoms with Gasteiger partial charge in [-0.1, -0.05) is 23.9 Å². The SMILES string of the molecule is CCOc1ccc(/C=N/Nc2nnc(SCC(=O)NCc3ccc(OC)cc3)n2N)cc1. The van der Waals surface area contributed by atoms with E-state index in [0.29, 0.717) is 18.3 Å². The number of hydrogen-bond acceptors (Lipinski definition) is 9. The minimum atomic E-state index is -0.142. The van der Waals surface area contributed by atoms with Crippen LogP contribution >= 0.6 is 11.8 Å². The largest absolute Gasteiger partial charge is 0.497 e. The van der Waals surface area contributed by atoms with Gasteiger partial charge in [0.1, 0.15) is 11.5 Å². The Kier molecular flexibility index (Phi) is 8.32. The van der Waals surface area contributed by atoms with Crippen molar-refractivity contribution in [3.63, 3.8) is 0 Å². The van der Waals surface area contributed by atoms with Gasteiger partial charge in [0.15, 0.2) is 0 Å². The molecule has 11 heteroatoms. The second-order valence-corrected chi connectivity index (χ2v) is 7.40. The zero-order chi connectivity index (χ0) is 22.8. The van der Waals surface area contributed by atoms with Crippen LogP contribution in [-0.2, 0) is 11.3 Å². The molecule has 3 aromatic rings. The molecule has 0 aliphatic carbocycles. The second kappa shape index (κ2) is 11.6. The highest BCUT2D eigenvalue weighted by molar-refractivity contribution is 7.99. The molecule has 0 saturated carbocycles. The highest BCUT2D eigenvalue weighted by Crippen LogP contribution is 2.17. The van der Waals surface area contributed by atoms with Crippen LogP contribution in [0.2, 0.25) is 0 Å². The van der Waals surface area contributed by atoms with Gasteiger partial charge in [-0.2, -0.15) is 5.10 Å². The van der Waals surface area contributed by atoms with Gasteiger partial charge in [-0.05, 0) is 54.4 Å². The highest BCUT2D eigenvalue weighted by atomic mass is 32.2. The third-order valence-corrected chi connectivity index (χ3v) is 5.16. The van der Waals surface area contributed by atoms with Gasteiger partial charge < -0.3 is 20.6 Å². The minimum absolute atomic E-state index is 0.142. The molecule has 1 amide bonds. The lowest BCUT2D eigenvalue weighted by Crippen LogP contribution is -2.25. The Morgan fingerprint density at radius 1 is 1.16 bits per heavy atom. The van der Waals surface area contributed by atoms with Gasteiger partial charge in [0, 0.05) is 6.54 Å². The van der Waals surface area contributed by atoms with Gasteiger partial charge in [-0.15, -0.1) is 10.2 Å². The minimum Gasteiger partial charge on any atom is -0.497 e. The van der Waals surface area contributed by atoms with E-state index in [9.17, 15) is 4.79 Å². The summed E-state index contributed by atoms with van der Waals surface area (Å²) < 4.78 is 11.8. The Balaban J connectivity index is 1.44. The van der Waals surface area contributed by atoms with Crippen LogP contribution in [0.3, 0.4) is 0 Å². The van der Waals surface area contributed by atoms with Crippen LogP contribution in [0.25, 0.3) is 0 Å². The summed E-state index contributed by atoms with van der Waals surface area (Å²) in [5.74, 6) is 7.83. The molecule has 10 nitrogen and oxygen atoms in total. The number of thioether (sulfide) groups is 1. The van der Waals surface area contributed by atoms with Crippen molar-refractivity contribution >= 4 is 29.8 Å². The number of anilines is 1. The second-order valence-electron chi connectivity index (χ2n) is 6.46. The fraction of sp³-hybridized carbons (Fsp3) is 0.238. The zero-order valence-corrected chi connectivity index (χ0v) is 18.6. The lowest BCUT2D eigenvalue weighted by molar-refractivity contribution is -0.118. The van der Waals surface area contributed by atoms with E-state index in [2.05, 4.69) is 26.0 Å². The molecule has 4 N–H and O–H groups in total. The first kappa shape index (κ1) is 22.9. The first-order chi connectivity index (χ1) is 15.6. The standard InChI is InChI=1S/C21H25N7O3S/c1-3-31-18-10-6-16(7-11-18)13-24-25-20-26-27-21(28(20)22)32-14-19(29)23-12-15-4-8-17(30-2)9-5-15/h4-11,13H,3,12,14,22H2,1-2H3,(H,23,29)(H,25,26)/b24-13+. The van der Waals surface area contributed by atoms with E-state index in [1.54, 1.807) is 13.3 Å². The summed E-state index contributed by atoms with van der Waals surface area (Å²) in [6.45, 7) is 2.97. The number of aromatic nitrogens is 3. The average Bonchev–Trinajstić information content (AvgIpc) is 3.17. The summed E-state index contributed by atoms with van der Waals surface area (Å²) >= 11 is 1.18. The van der Waals surface area contributed by atoms with Gasteiger partial charge in [0.05, 0.1) is 25.7 Å². The van der Waals surface area contributed by atoms with Gasteiger partial charge >= 0.3 is 0 Å². The number of nitrogens with zero attached hydrogens (tertiary/aromatic N) is 4. The quantitative estimate of drug-likeness (QED) is 0.174. The smallest absolute Gasteiger partial charge is 0.264 e. The van der Waals surface area contributed by atoms with Crippen molar-refractivity contribution in [1.29, 1.82) is 0 Å². The molecule has 0 unspecified atom stereocenters. The van der Waals surface area contributed by atoms with Crippen LogP contribution in [0.4, 0.5) is 5.95 Å². The molecule has 1 aromatic heterocycles. The summed E-state index contributed by atoms with van der Waals surface area (Å²) in [7, 11) is 1.61. The summed E-state index contributed by atoms with van der Waals surface area (Å²) in [4.78, 5) is 12.1. The number of ether oxygens (including phenoxy) is 2. The number of hydrazone groups is 1. The number of nitrogen functional groups attached to an aromatic ring is 1. The Bertz CT molecular complexity index is 1040. The molecule has 0 aliphatic heterocycles.